The number of halogens is 1. The van der Waals surface area contributed by atoms with E-state index in [4.69, 9.17) is 16.6 Å². The highest BCUT2D eigenvalue weighted by molar-refractivity contribution is 8.13. The highest BCUT2D eigenvalue weighted by Gasteiger charge is 2.35. The summed E-state index contributed by atoms with van der Waals surface area (Å²) in [5.74, 6) is 0.611. The second kappa shape index (κ2) is 7.85. The number of benzene rings is 2. The van der Waals surface area contributed by atoms with Crippen LogP contribution in [0.3, 0.4) is 0 Å². The van der Waals surface area contributed by atoms with Gasteiger partial charge in [-0.2, -0.15) is 0 Å². The van der Waals surface area contributed by atoms with Crippen LogP contribution in [-0.4, -0.2) is 26.9 Å². The van der Waals surface area contributed by atoms with Crippen molar-refractivity contribution in [1.82, 2.24) is 10.3 Å². The summed E-state index contributed by atoms with van der Waals surface area (Å²) in [6.45, 7) is 2.12. The Bertz CT molecular complexity index is 1090. The molecular weight excluding hydrogens is 396 g/mol. The average molecular weight is 415 g/mol. The van der Waals surface area contributed by atoms with E-state index in [9.17, 15) is 9.90 Å². The van der Waals surface area contributed by atoms with E-state index in [1.165, 1.54) is 17.8 Å². The molecule has 0 aromatic heterocycles. The number of amides is 1. The molecule has 0 fully saturated rings. The third-order valence-electron chi connectivity index (χ3n) is 4.54. The molecule has 28 heavy (non-hydrogen) atoms. The minimum atomic E-state index is -0.641. The predicted octanol–water partition coefficient (Wildman–Crippen LogP) is 2.72. The number of carbonyl (C=O) groups excluding carboxylic acids is 1. The Morgan fingerprint density at radius 3 is 2.89 bits per heavy atom. The van der Waals surface area contributed by atoms with Gasteiger partial charge in [-0.15, -0.1) is 5.10 Å². The third-order valence-corrected chi connectivity index (χ3v) is 5.90. The summed E-state index contributed by atoms with van der Waals surface area (Å²) in [7, 11) is 0. The number of carbonyl (C=O) groups is 1. The summed E-state index contributed by atoms with van der Waals surface area (Å²) >= 11 is 7.87. The number of para-hydroxylation sites is 1. The number of hydrazone groups is 1. The van der Waals surface area contributed by atoms with Crippen molar-refractivity contribution in [3.05, 3.63) is 63.6 Å². The van der Waals surface area contributed by atoms with Gasteiger partial charge in [0.15, 0.2) is 11.3 Å². The smallest absolute Gasteiger partial charge is 0.276 e. The van der Waals surface area contributed by atoms with Crippen LogP contribution in [0.4, 0.5) is 0 Å². The summed E-state index contributed by atoms with van der Waals surface area (Å²) in [4.78, 5) is 17.7. The molecule has 1 atom stereocenters. The number of thioether (sulfide) groups is 1. The fraction of sp³-hybridized carbons (Fsp3) is 0.250. The summed E-state index contributed by atoms with van der Waals surface area (Å²) < 4.78 is 0. The molecule has 1 unspecified atom stereocenters. The number of amidine groups is 1. The Hall–Kier alpha value is -2.51. The van der Waals surface area contributed by atoms with E-state index in [-0.39, 0.29) is 16.7 Å². The maximum atomic E-state index is 13.0. The standard InChI is InChI=1S/C20H19ClN4O2S/c1-2-3-11-28-20-23-19(27)17-12-7-4-5-9-14(12)22-18(25(17)24-20)13-8-6-10-15(26)16(13)21/h4-10,18,26H,2-3,11H2,1H3,(H,23,24,27). The van der Waals surface area contributed by atoms with E-state index in [1.54, 1.807) is 17.1 Å². The number of fused-ring (bicyclic) bond motifs is 2. The van der Waals surface area contributed by atoms with Crippen molar-refractivity contribution < 1.29 is 9.90 Å². The zero-order valence-corrected chi connectivity index (χ0v) is 16.8. The molecule has 1 amide bonds. The monoisotopic (exact) mass is 414 g/mol. The molecule has 0 radical (unpaired) electrons. The normalized spacial score (nSPS) is 18.0. The van der Waals surface area contributed by atoms with Gasteiger partial charge in [-0.25, -0.2) is 5.01 Å². The summed E-state index contributed by atoms with van der Waals surface area (Å²) in [6, 6.07) is 12.5. The first-order valence-corrected chi connectivity index (χ1v) is 10.4. The molecule has 144 valence electrons. The third kappa shape index (κ3) is 3.36. The van der Waals surface area contributed by atoms with Gasteiger partial charge in [-0.3, -0.25) is 15.1 Å². The van der Waals surface area contributed by atoms with Gasteiger partial charge in [0, 0.05) is 16.5 Å². The molecule has 0 saturated heterocycles. The minimum Gasteiger partial charge on any atom is -0.506 e. The van der Waals surface area contributed by atoms with E-state index in [1.807, 2.05) is 24.3 Å². The Morgan fingerprint density at radius 1 is 1.25 bits per heavy atom. The van der Waals surface area contributed by atoms with Crippen LogP contribution in [0.2, 0.25) is 5.02 Å². The maximum Gasteiger partial charge on any atom is 0.276 e. The van der Waals surface area contributed by atoms with Gasteiger partial charge in [0.05, 0.1) is 10.4 Å². The first-order chi connectivity index (χ1) is 13.6. The fourth-order valence-electron chi connectivity index (χ4n) is 3.14. The summed E-state index contributed by atoms with van der Waals surface area (Å²) in [5.41, 5.74) is 1.01. The van der Waals surface area contributed by atoms with Crippen LogP contribution in [0.1, 0.15) is 31.5 Å². The van der Waals surface area contributed by atoms with Crippen molar-refractivity contribution in [2.45, 2.75) is 25.9 Å². The molecule has 2 aliphatic rings. The molecule has 2 aromatic carbocycles. The molecule has 0 bridgehead atoms. The quantitative estimate of drug-likeness (QED) is 0.754. The van der Waals surface area contributed by atoms with Gasteiger partial charge < -0.3 is 5.11 Å². The molecule has 0 saturated carbocycles. The number of phenols is 1. The van der Waals surface area contributed by atoms with Crippen molar-refractivity contribution in [3.8, 4) is 5.75 Å². The first kappa shape index (κ1) is 18.8. The molecule has 0 aliphatic carbocycles. The molecule has 2 aliphatic heterocycles. The number of nitrogens with one attached hydrogen (secondary N) is 1. The topological polar surface area (TPSA) is 77.3 Å². The van der Waals surface area contributed by atoms with E-state index < -0.39 is 6.17 Å². The number of hydrogen-bond acceptors (Lipinski definition) is 6. The lowest BCUT2D eigenvalue weighted by Crippen LogP contribution is -2.50. The lowest BCUT2D eigenvalue weighted by molar-refractivity contribution is -0.116. The van der Waals surface area contributed by atoms with Gasteiger partial charge in [0.2, 0.25) is 0 Å². The van der Waals surface area contributed by atoms with E-state index in [2.05, 4.69) is 17.3 Å². The highest BCUT2D eigenvalue weighted by Crippen LogP contribution is 2.37. The molecular formula is C20H19ClN4O2S. The number of hydrogen-bond donors (Lipinski definition) is 2. The fourth-order valence-corrected chi connectivity index (χ4v) is 4.31. The van der Waals surface area contributed by atoms with E-state index in [0.717, 1.165) is 18.6 Å². The molecule has 2 aromatic rings. The summed E-state index contributed by atoms with van der Waals surface area (Å²) in [5, 5.41) is 21.4. The largest absolute Gasteiger partial charge is 0.506 e. The van der Waals surface area contributed by atoms with Crippen molar-refractivity contribution in [1.29, 1.82) is 0 Å². The number of phenolic OH excluding ortho intramolecular Hbond substituents is 1. The zero-order valence-electron chi connectivity index (χ0n) is 15.2. The minimum absolute atomic E-state index is 0.0299. The number of aromatic hydroxyl groups is 1. The zero-order chi connectivity index (χ0) is 19.7. The Morgan fingerprint density at radius 2 is 2.07 bits per heavy atom. The maximum absolute atomic E-state index is 13.0. The number of nitrogens with zero attached hydrogens (tertiary/aromatic N) is 3. The van der Waals surface area contributed by atoms with Crippen molar-refractivity contribution >= 4 is 40.1 Å². The van der Waals surface area contributed by atoms with Gasteiger partial charge in [-0.05, 0) is 18.6 Å². The van der Waals surface area contributed by atoms with Gasteiger partial charge in [0.1, 0.15) is 11.4 Å². The number of rotatable bonds is 4. The second-order valence-electron chi connectivity index (χ2n) is 6.45. The van der Waals surface area contributed by atoms with Crippen molar-refractivity contribution in [3.63, 3.8) is 0 Å². The molecule has 2 heterocycles. The summed E-state index contributed by atoms with van der Waals surface area (Å²) in [6.07, 6.45) is 1.46. The number of unbranched alkanes of at least 4 members (excludes halogenated alkanes) is 1. The van der Waals surface area contributed by atoms with Crippen LogP contribution in [0.25, 0.3) is 5.70 Å². The molecule has 4 rings (SSSR count). The Labute approximate surface area is 171 Å². The van der Waals surface area contributed by atoms with Crippen LogP contribution in [0.15, 0.2) is 52.6 Å². The Kier molecular flexibility index (Phi) is 5.28. The van der Waals surface area contributed by atoms with Gasteiger partial charge >= 0.3 is 0 Å². The molecule has 0 spiro atoms. The SMILES string of the molecule is CCCCSC1=NN2C(=c3ccccc3=NC2c2cccc(O)c2Cl)C(=O)N1. The van der Waals surface area contributed by atoms with Gasteiger partial charge in [0.25, 0.3) is 5.91 Å². The average Bonchev–Trinajstić information content (AvgIpc) is 2.69. The molecule has 6 nitrogen and oxygen atoms in total. The van der Waals surface area contributed by atoms with Crippen LogP contribution in [-0.2, 0) is 4.79 Å². The van der Waals surface area contributed by atoms with Crippen LogP contribution in [0, 0.1) is 0 Å². The Balaban J connectivity index is 1.87. The van der Waals surface area contributed by atoms with Crippen molar-refractivity contribution in [2.24, 2.45) is 10.1 Å². The molecule has 8 heteroatoms. The predicted molar refractivity (Wildman–Crippen MR) is 111 cm³/mol. The van der Waals surface area contributed by atoms with E-state index in [0.29, 0.717) is 27.0 Å². The highest BCUT2D eigenvalue weighted by atomic mass is 35.5. The van der Waals surface area contributed by atoms with Crippen molar-refractivity contribution in [2.75, 3.05) is 5.75 Å². The van der Waals surface area contributed by atoms with Crippen LogP contribution in [0.5, 0.6) is 5.75 Å². The van der Waals surface area contributed by atoms with Crippen LogP contribution < -0.4 is 15.9 Å². The van der Waals surface area contributed by atoms with Gasteiger partial charge in [-0.1, -0.05) is 67.0 Å². The second-order valence-corrected chi connectivity index (χ2v) is 7.92. The lowest BCUT2D eigenvalue weighted by atomic mass is 10.1. The van der Waals surface area contributed by atoms with Crippen LogP contribution >= 0.6 is 23.4 Å². The first-order valence-electron chi connectivity index (χ1n) is 9.06. The van der Waals surface area contributed by atoms with E-state index >= 15 is 0 Å². The molecule has 2 N–H and O–H groups in total. The lowest BCUT2D eigenvalue weighted by Gasteiger charge is -2.34.